The third kappa shape index (κ3) is 3.12. The largest absolute Gasteiger partial charge is 0.481 e. The molecule has 2 rings (SSSR count). The molecule has 0 bridgehead atoms. The molecule has 0 aliphatic carbocycles. The lowest BCUT2D eigenvalue weighted by molar-refractivity contribution is -0.139. The molecular weight excluding hydrogens is 261 g/mol. The lowest BCUT2D eigenvalue weighted by atomic mass is 9.96. The number of carboxylic acids is 1. The van der Waals surface area contributed by atoms with Gasteiger partial charge in [0.15, 0.2) is 0 Å². The standard InChI is InChI=1S/C12H13Cl2NO2/c13-10-3-1-2-9(12(10)14)7-15-5-8(6-15)4-11(16)17/h1-3,8H,4-7H2,(H,16,17). The molecule has 3 nitrogen and oxygen atoms in total. The minimum atomic E-state index is -0.726. The Morgan fingerprint density at radius 3 is 2.76 bits per heavy atom. The minimum absolute atomic E-state index is 0.250. The molecule has 5 heteroatoms. The van der Waals surface area contributed by atoms with Crippen LogP contribution in [-0.2, 0) is 11.3 Å². The predicted octanol–water partition coefficient (Wildman–Crippen LogP) is 2.90. The number of halogens is 2. The van der Waals surface area contributed by atoms with Crippen molar-refractivity contribution in [3.8, 4) is 0 Å². The maximum absolute atomic E-state index is 10.5. The van der Waals surface area contributed by atoms with Gasteiger partial charge in [-0.3, -0.25) is 9.69 Å². The zero-order valence-corrected chi connectivity index (χ0v) is 10.7. The van der Waals surface area contributed by atoms with Gasteiger partial charge in [-0.25, -0.2) is 0 Å². The summed E-state index contributed by atoms with van der Waals surface area (Å²) in [7, 11) is 0. The fourth-order valence-electron chi connectivity index (χ4n) is 2.09. The van der Waals surface area contributed by atoms with Gasteiger partial charge in [-0.15, -0.1) is 0 Å². The van der Waals surface area contributed by atoms with E-state index in [2.05, 4.69) is 4.90 Å². The fourth-order valence-corrected chi connectivity index (χ4v) is 2.47. The molecule has 1 aromatic carbocycles. The van der Waals surface area contributed by atoms with Gasteiger partial charge in [0.05, 0.1) is 16.5 Å². The molecule has 0 aromatic heterocycles. The summed E-state index contributed by atoms with van der Waals surface area (Å²) in [6.07, 6.45) is 0.250. The van der Waals surface area contributed by atoms with Crippen molar-refractivity contribution in [2.75, 3.05) is 13.1 Å². The van der Waals surface area contributed by atoms with Crippen LogP contribution in [-0.4, -0.2) is 29.1 Å². The van der Waals surface area contributed by atoms with Gasteiger partial charge in [0, 0.05) is 19.6 Å². The van der Waals surface area contributed by atoms with Crippen LogP contribution >= 0.6 is 23.2 Å². The average molecular weight is 274 g/mol. The number of hydrogen-bond donors (Lipinski definition) is 1. The van der Waals surface area contributed by atoms with Gasteiger partial charge < -0.3 is 5.11 Å². The zero-order valence-electron chi connectivity index (χ0n) is 9.20. The molecule has 1 N–H and O–H groups in total. The van der Waals surface area contributed by atoms with Crippen molar-refractivity contribution in [2.45, 2.75) is 13.0 Å². The number of carboxylic acid groups (broad SMARTS) is 1. The highest BCUT2D eigenvalue weighted by atomic mass is 35.5. The van der Waals surface area contributed by atoms with Gasteiger partial charge in [0.1, 0.15) is 0 Å². The molecule has 0 spiro atoms. The van der Waals surface area contributed by atoms with Crippen molar-refractivity contribution >= 4 is 29.2 Å². The first kappa shape index (κ1) is 12.7. The van der Waals surface area contributed by atoms with E-state index in [1.54, 1.807) is 6.07 Å². The van der Waals surface area contributed by atoms with Crippen molar-refractivity contribution in [3.05, 3.63) is 33.8 Å². The summed E-state index contributed by atoms with van der Waals surface area (Å²) in [5.41, 5.74) is 0.993. The molecule has 0 atom stereocenters. The van der Waals surface area contributed by atoms with Crippen molar-refractivity contribution in [2.24, 2.45) is 5.92 Å². The van der Waals surface area contributed by atoms with E-state index in [9.17, 15) is 4.79 Å². The summed E-state index contributed by atoms with van der Waals surface area (Å²) in [5, 5.41) is 9.80. The average Bonchev–Trinajstić information content (AvgIpc) is 2.20. The molecule has 1 aromatic rings. The zero-order chi connectivity index (χ0) is 12.4. The van der Waals surface area contributed by atoms with E-state index in [-0.39, 0.29) is 12.3 Å². The van der Waals surface area contributed by atoms with Crippen molar-refractivity contribution < 1.29 is 9.90 Å². The third-order valence-corrected chi connectivity index (χ3v) is 3.78. The number of aliphatic carboxylic acids is 1. The molecule has 92 valence electrons. The molecule has 1 aliphatic heterocycles. The van der Waals surface area contributed by atoms with Crippen LogP contribution in [0, 0.1) is 5.92 Å². The smallest absolute Gasteiger partial charge is 0.303 e. The van der Waals surface area contributed by atoms with Crippen LogP contribution in [0.2, 0.25) is 10.0 Å². The topological polar surface area (TPSA) is 40.5 Å². The highest BCUT2D eigenvalue weighted by Gasteiger charge is 2.28. The van der Waals surface area contributed by atoms with Crippen LogP contribution in [0.25, 0.3) is 0 Å². The molecule has 0 unspecified atom stereocenters. The molecular formula is C12H13Cl2NO2. The molecule has 0 saturated carbocycles. The predicted molar refractivity (Wildman–Crippen MR) is 67.5 cm³/mol. The molecule has 1 saturated heterocycles. The second-order valence-corrected chi connectivity index (χ2v) is 5.16. The lowest BCUT2D eigenvalue weighted by Crippen LogP contribution is -2.46. The van der Waals surface area contributed by atoms with Crippen LogP contribution < -0.4 is 0 Å². The van der Waals surface area contributed by atoms with Gasteiger partial charge in [-0.05, 0) is 17.5 Å². The Morgan fingerprint density at radius 2 is 2.12 bits per heavy atom. The monoisotopic (exact) mass is 273 g/mol. The Balaban J connectivity index is 1.88. The molecule has 0 amide bonds. The second kappa shape index (κ2) is 5.25. The number of hydrogen-bond acceptors (Lipinski definition) is 2. The van der Waals surface area contributed by atoms with Gasteiger partial charge in [0.2, 0.25) is 0 Å². The van der Waals surface area contributed by atoms with E-state index in [0.29, 0.717) is 10.0 Å². The Morgan fingerprint density at radius 1 is 1.41 bits per heavy atom. The summed E-state index contributed by atoms with van der Waals surface area (Å²) in [6, 6.07) is 5.58. The van der Waals surface area contributed by atoms with Crippen molar-refractivity contribution in [1.82, 2.24) is 4.90 Å². The van der Waals surface area contributed by atoms with Gasteiger partial charge in [-0.1, -0.05) is 35.3 Å². The number of likely N-dealkylation sites (tertiary alicyclic amines) is 1. The molecule has 1 aliphatic rings. The minimum Gasteiger partial charge on any atom is -0.481 e. The Hall–Kier alpha value is -0.770. The fraction of sp³-hybridized carbons (Fsp3) is 0.417. The van der Waals surface area contributed by atoms with E-state index in [1.165, 1.54) is 0 Å². The van der Waals surface area contributed by atoms with Crippen LogP contribution in [0.1, 0.15) is 12.0 Å². The van der Waals surface area contributed by atoms with Gasteiger partial charge in [0.25, 0.3) is 0 Å². The quantitative estimate of drug-likeness (QED) is 0.917. The summed E-state index contributed by atoms with van der Waals surface area (Å²) in [4.78, 5) is 12.7. The van der Waals surface area contributed by atoms with Crippen LogP contribution in [0.5, 0.6) is 0 Å². The second-order valence-electron chi connectivity index (χ2n) is 4.37. The SMILES string of the molecule is O=C(O)CC1CN(Cc2cccc(Cl)c2Cl)C1. The number of benzene rings is 1. The number of nitrogens with zero attached hydrogens (tertiary/aromatic N) is 1. The first-order valence-electron chi connectivity index (χ1n) is 5.43. The number of carbonyl (C=O) groups is 1. The summed E-state index contributed by atoms with van der Waals surface area (Å²) < 4.78 is 0. The first-order valence-corrected chi connectivity index (χ1v) is 6.19. The highest BCUT2D eigenvalue weighted by Crippen LogP contribution is 2.29. The molecule has 1 fully saturated rings. The summed E-state index contributed by atoms with van der Waals surface area (Å²) in [5.74, 6) is -0.458. The van der Waals surface area contributed by atoms with Crippen LogP contribution in [0.15, 0.2) is 18.2 Å². The maximum Gasteiger partial charge on any atom is 0.303 e. The normalized spacial score (nSPS) is 16.8. The van der Waals surface area contributed by atoms with Gasteiger partial charge in [-0.2, -0.15) is 0 Å². The Kier molecular flexibility index (Phi) is 3.92. The van der Waals surface area contributed by atoms with E-state index in [1.807, 2.05) is 12.1 Å². The van der Waals surface area contributed by atoms with Crippen LogP contribution in [0.4, 0.5) is 0 Å². The number of rotatable bonds is 4. The van der Waals surface area contributed by atoms with Gasteiger partial charge >= 0.3 is 5.97 Å². The molecule has 17 heavy (non-hydrogen) atoms. The van der Waals surface area contributed by atoms with Crippen molar-refractivity contribution in [3.63, 3.8) is 0 Å². The maximum atomic E-state index is 10.5. The molecule has 1 heterocycles. The Labute approximate surface area is 110 Å². The Bertz CT molecular complexity index is 431. The van der Waals surface area contributed by atoms with E-state index >= 15 is 0 Å². The summed E-state index contributed by atoms with van der Waals surface area (Å²) in [6.45, 7) is 2.36. The molecule has 0 radical (unpaired) electrons. The lowest BCUT2D eigenvalue weighted by Gasteiger charge is -2.38. The van der Waals surface area contributed by atoms with Crippen LogP contribution in [0.3, 0.4) is 0 Å². The van der Waals surface area contributed by atoms with E-state index < -0.39 is 5.97 Å². The third-order valence-electron chi connectivity index (χ3n) is 2.92. The summed E-state index contributed by atoms with van der Waals surface area (Å²) >= 11 is 12.0. The van der Waals surface area contributed by atoms with Crippen molar-refractivity contribution in [1.29, 1.82) is 0 Å². The van der Waals surface area contributed by atoms with E-state index in [0.717, 1.165) is 25.2 Å². The first-order chi connectivity index (χ1) is 8.06. The van der Waals surface area contributed by atoms with E-state index in [4.69, 9.17) is 28.3 Å². The highest BCUT2D eigenvalue weighted by molar-refractivity contribution is 6.42.